The van der Waals surface area contributed by atoms with Gasteiger partial charge in [-0.1, -0.05) is 12.1 Å². The summed E-state index contributed by atoms with van der Waals surface area (Å²) in [6.07, 6.45) is 10.8. The van der Waals surface area contributed by atoms with Crippen LogP contribution in [0.3, 0.4) is 0 Å². The number of pyridine rings is 1. The van der Waals surface area contributed by atoms with Crippen molar-refractivity contribution in [1.29, 1.82) is 10.8 Å². The van der Waals surface area contributed by atoms with E-state index in [0.29, 0.717) is 0 Å². The minimum Gasteiger partial charge on any atom is -0.393 e. The van der Waals surface area contributed by atoms with Crippen LogP contribution in [0.4, 0.5) is 17.2 Å². The summed E-state index contributed by atoms with van der Waals surface area (Å²) in [6.45, 7) is 2.06. The Morgan fingerprint density at radius 3 is 2.66 bits per heavy atom. The maximum atomic E-state index is 7.73. The van der Waals surface area contributed by atoms with E-state index in [1.54, 1.807) is 6.20 Å². The van der Waals surface area contributed by atoms with Gasteiger partial charge in [-0.15, -0.1) is 0 Å². The number of aromatic nitrogens is 1. The third kappa shape index (κ3) is 5.17. The Morgan fingerprint density at radius 1 is 1.21 bits per heavy atom. The molecular weight excluding hydrogens is 380 g/mol. The molecule has 0 radical (unpaired) electrons. The van der Waals surface area contributed by atoms with Crippen molar-refractivity contribution in [3.05, 3.63) is 53.9 Å². The zero-order chi connectivity index (χ0) is 20.6. The smallest absolute Gasteiger partial charge is 0.130 e. The van der Waals surface area contributed by atoms with Crippen LogP contribution in [0, 0.1) is 10.8 Å². The van der Waals surface area contributed by atoms with E-state index >= 15 is 0 Å². The summed E-state index contributed by atoms with van der Waals surface area (Å²) in [6, 6.07) is 9.81. The van der Waals surface area contributed by atoms with Gasteiger partial charge in [-0.05, 0) is 36.8 Å². The second-order valence-electron chi connectivity index (χ2n) is 6.93. The molecule has 1 aromatic carbocycles. The van der Waals surface area contributed by atoms with Gasteiger partial charge in [-0.3, -0.25) is 0 Å². The van der Waals surface area contributed by atoms with Crippen molar-refractivity contribution in [3.8, 4) is 0 Å². The van der Waals surface area contributed by atoms with E-state index in [9.17, 15) is 0 Å². The number of hydrogen-bond acceptors (Lipinski definition) is 7. The largest absolute Gasteiger partial charge is 0.393 e. The molecule has 152 valence electrons. The fourth-order valence-corrected chi connectivity index (χ4v) is 4.16. The van der Waals surface area contributed by atoms with Crippen LogP contribution in [0.25, 0.3) is 5.57 Å². The predicted molar refractivity (Wildman–Crippen MR) is 126 cm³/mol. The molecule has 0 unspecified atom stereocenters. The zero-order valence-corrected chi connectivity index (χ0v) is 17.7. The number of nitrogens with one attached hydrogen (secondary N) is 4. The van der Waals surface area contributed by atoms with Crippen LogP contribution in [0.5, 0.6) is 0 Å². The monoisotopic (exact) mass is 408 g/mol. The Hall–Kier alpha value is -2.80. The first-order valence-electron chi connectivity index (χ1n) is 9.72. The highest BCUT2D eigenvalue weighted by molar-refractivity contribution is 7.99. The molecule has 3 rings (SSSR count). The number of nitrogens with zero attached hydrogens (tertiary/aromatic N) is 2. The molecular formula is C22H28N6S. The van der Waals surface area contributed by atoms with Gasteiger partial charge in [0, 0.05) is 78.8 Å². The lowest BCUT2D eigenvalue weighted by Crippen LogP contribution is -2.35. The molecule has 1 aliphatic heterocycles. The van der Waals surface area contributed by atoms with Crippen LogP contribution in [0.15, 0.2) is 42.7 Å². The summed E-state index contributed by atoms with van der Waals surface area (Å²) < 4.78 is 0. The molecule has 0 aliphatic carbocycles. The van der Waals surface area contributed by atoms with Crippen molar-refractivity contribution < 1.29 is 0 Å². The maximum Gasteiger partial charge on any atom is 0.130 e. The summed E-state index contributed by atoms with van der Waals surface area (Å²) >= 11 is 1.96. The van der Waals surface area contributed by atoms with Gasteiger partial charge in [-0.25, -0.2) is 4.98 Å². The minimum absolute atomic E-state index is 0.749. The standard InChI is InChI=1S/C22H28N6S/c1-25-15-18(14-24)16-3-4-17(13-23)21(11-16)27-19-5-8-26-22(12-19)28-9-6-20(29-2)7-10-28/h3-5,8,11-15,20,23-25H,6-7,9-10H2,1-2H3,(H,26,27)/b18-15+,23-13?,24-14?. The second kappa shape index (κ2) is 10.1. The summed E-state index contributed by atoms with van der Waals surface area (Å²) in [5.41, 5.74) is 4.26. The van der Waals surface area contributed by atoms with Gasteiger partial charge < -0.3 is 26.4 Å². The lowest BCUT2D eigenvalue weighted by atomic mass is 10.0. The van der Waals surface area contributed by atoms with Crippen LogP contribution in [-0.4, -0.2) is 49.1 Å². The van der Waals surface area contributed by atoms with Gasteiger partial charge in [0.25, 0.3) is 0 Å². The highest BCUT2D eigenvalue weighted by Crippen LogP contribution is 2.28. The molecule has 4 N–H and O–H groups in total. The number of thioether (sulfide) groups is 1. The normalized spacial score (nSPS) is 15.1. The first-order chi connectivity index (χ1) is 14.2. The molecule has 2 heterocycles. The van der Waals surface area contributed by atoms with E-state index in [4.69, 9.17) is 10.8 Å². The van der Waals surface area contributed by atoms with Gasteiger partial charge in [0.15, 0.2) is 0 Å². The third-order valence-corrected chi connectivity index (χ3v) is 6.26. The quantitative estimate of drug-likeness (QED) is 0.487. The van der Waals surface area contributed by atoms with E-state index in [-0.39, 0.29) is 0 Å². The number of piperidine rings is 1. The molecule has 0 bridgehead atoms. The van der Waals surface area contributed by atoms with E-state index in [0.717, 1.165) is 52.2 Å². The average molecular weight is 409 g/mol. The molecule has 2 aromatic rings. The molecule has 0 saturated carbocycles. The molecule has 0 spiro atoms. The number of allylic oxidation sites excluding steroid dienone is 1. The molecule has 7 heteroatoms. The van der Waals surface area contributed by atoms with E-state index in [2.05, 4.69) is 32.8 Å². The van der Waals surface area contributed by atoms with Crippen LogP contribution >= 0.6 is 11.8 Å². The van der Waals surface area contributed by atoms with Crippen LogP contribution in [0.1, 0.15) is 24.0 Å². The highest BCUT2D eigenvalue weighted by atomic mass is 32.2. The van der Waals surface area contributed by atoms with Gasteiger partial charge in [0.1, 0.15) is 5.82 Å². The molecule has 1 aromatic heterocycles. The minimum atomic E-state index is 0.749. The summed E-state index contributed by atoms with van der Waals surface area (Å²) in [5, 5.41) is 22.5. The van der Waals surface area contributed by atoms with Crippen LogP contribution in [-0.2, 0) is 0 Å². The fourth-order valence-electron chi connectivity index (χ4n) is 3.48. The topological polar surface area (TPSA) is 87.9 Å². The number of hydrogen-bond donors (Lipinski definition) is 4. The van der Waals surface area contributed by atoms with Crippen molar-refractivity contribution in [1.82, 2.24) is 10.3 Å². The summed E-state index contributed by atoms with van der Waals surface area (Å²) in [4.78, 5) is 6.91. The van der Waals surface area contributed by atoms with E-state index in [1.165, 1.54) is 25.3 Å². The molecule has 1 aliphatic rings. The second-order valence-corrected chi connectivity index (χ2v) is 8.07. The van der Waals surface area contributed by atoms with Gasteiger partial charge in [0.05, 0.1) is 0 Å². The van der Waals surface area contributed by atoms with Crippen LogP contribution in [0.2, 0.25) is 0 Å². The lowest BCUT2D eigenvalue weighted by Gasteiger charge is -2.32. The highest BCUT2D eigenvalue weighted by Gasteiger charge is 2.19. The first-order valence-corrected chi connectivity index (χ1v) is 11.0. The van der Waals surface area contributed by atoms with Crippen LogP contribution < -0.4 is 15.5 Å². The Balaban J connectivity index is 1.83. The Labute approximate surface area is 176 Å². The van der Waals surface area contributed by atoms with Crippen molar-refractivity contribution in [2.24, 2.45) is 0 Å². The molecule has 1 saturated heterocycles. The van der Waals surface area contributed by atoms with E-state index in [1.807, 2.05) is 49.3 Å². The number of anilines is 3. The fraction of sp³-hybridized carbons (Fsp3) is 0.318. The van der Waals surface area contributed by atoms with Gasteiger partial charge in [-0.2, -0.15) is 11.8 Å². The first kappa shape index (κ1) is 20.9. The van der Waals surface area contributed by atoms with Gasteiger partial charge >= 0.3 is 0 Å². The molecule has 29 heavy (non-hydrogen) atoms. The Bertz CT molecular complexity index is 887. The van der Waals surface area contributed by atoms with Crippen molar-refractivity contribution in [2.45, 2.75) is 18.1 Å². The Kier molecular flexibility index (Phi) is 7.30. The average Bonchev–Trinajstić information content (AvgIpc) is 2.77. The summed E-state index contributed by atoms with van der Waals surface area (Å²) in [7, 11) is 1.81. The van der Waals surface area contributed by atoms with Crippen molar-refractivity contribution in [2.75, 3.05) is 36.6 Å². The SMILES string of the molecule is CN/C=C(\C=N)c1ccc(C=N)c(Nc2ccnc(N3CCC(SC)CC3)c2)c1. The molecule has 1 fully saturated rings. The van der Waals surface area contributed by atoms with Crippen molar-refractivity contribution >= 4 is 47.0 Å². The maximum absolute atomic E-state index is 7.73. The number of rotatable bonds is 8. The zero-order valence-electron chi connectivity index (χ0n) is 16.9. The molecule has 0 amide bonds. The summed E-state index contributed by atoms with van der Waals surface area (Å²) in [5.74, 6) is 0.984. The van der Waals surface area contributed by atoms with Gasteiger partial charge in [0.2, 0.25) is 0 Å². The molecule has 0 atom stereocenters. The Morgan fingerprint density at radius 2 is 2.00 bits per heavy atom. The van der Waals surface area contributed by atoms with Crippen molar-refractivity contribution in [3.63, 3.8) is 0 Å². The van der Waals surface area contributed by atoms with E-state index < -0.39 is 0 Å². The third-order valence-electron chi connectivity index (χ3n) is 5.12. The predicted octanol–water partition coefficient (Wildman–Crippen LogP) is 4.36. The lowest BCUT2D eigenvalue weighted by molar-refractivity contribution is 0.587. The number of benzene rings is 1. The molecule has 6 nitrogen and oxygen atoms in total.